The van der Waals surface area contributed by atoms with Crippen LogP contribution in [0.1, 0.15) is 19.3 Å². The van der Waals surface area contributed by atoms with Gasteiger partial charge in [-0.25, -0.2) is 0 Å². The molecule has 15 heavy (non-hydrogen) atoms. The van der Waals surface area contributed by atoms with Crippen LogP contribution in [0, 0.1) is 5.92 Å². The van der Waals surface area contributed by atoms with Gasteiger partial charge in [0.15, 0.2) is 0 Å². The van der Waals surface area contributed by atoms with E-state index >= 15 is 0 Å². The van der Waals surface area contributed by atoms with Gasteiger partial charge in [-0.3, -0.25) is 4.79 Å². The average Bonchev–Trinajstić information content (AvgIpc) is 2.57. The smallest absolute Gasteiger partial charge is 0.227 e. The predicted molar refractivity (Wildman–Crippen MR) is 64.1 cm³/mol. The number of nitrogens with zero attached hydrogens (tertiary/aromatic N) is 1. The van der Waals surface area contributed by atoms with E-state index in [0.29, 0.717) is 11.9 Å². The molecule has 2 rings (SSSR count). The first kappa shape index (κ1) is 11.3. The van der Waals surface area contributed by atoms with Gasteiger partial charge in [0.2, 0.25) is 5.91 Å². The van der Waals surface area contributed by atoms with Crippen molar-refractivity contribution in [2.45, 2.75) is 25.3 Å². The number of hydrogen-bond acceptors (Lipinski definition) is 3. The van der Waals surface area contributed by atoms with Crippen molar-refractivity contribution in [2.75, 3.05) is 31.6 Å². The summed E-state index contributed by atoms with van der Waals surface area (Å²) in [6.07, 6.45) is 5.50. The Bertz CT molecular complexity index is 235. The molecule has 4 heteroatoms. The predicted octanol–water partition coefficient (Wildman–Crippen LogP) is 0.950. The Morgan fingerprint density at radius 3 is 3.20 bits per heavy atom. The molecule has 0 saturated carbocycles. The Morgan fingerprint density at radius 1 is 1.60 bits per heavy atom. The minimum Gasteiger partial charge on any atom is -0.341 e. The minimum absolute atomic E-state index is 0.285. The molecule has 0 aromatic carbocycles. The van der Waals surface area contributed by atoms with Gasteiger partial charge in [0.1, 0.15) is 0 Å². The van der Waals surface area contributed by atoms with E-state index in [1.807, 2.05) is 11.8 Å². The number of amides is 1. The average molecular weight is 228 g/mol. The number of nitrogens with one attached hydrogen (secondary N) is 1. The lowest BCUT2D eigenvalue weighted by atomic mass is 9.94. The first-order valence-corrected chi connectivity index (χ1v) is 7.23. The Labute approximate surface area is 96.0 Å². The fourth-order valence-corrected chi connectivity index (χ4v) is 3.02. The van der Waals surface area contributed by atoms with Crippen molar-refractivity contribution in [1.82, 2.24) is 10.2 Å². The van der Waals surface area contributed by atoms with Gasteiger partial charge >= 0.3 is 0 Å². The van der Waals surface area contributed by atoms with Crippen molar-refractivity contribution in [1.29, 1.82) is 0 Å². The molecule has 2 fully saturated rings. The number of fused-ring (bicyclic) bond motifs is 1. The summed E-state index contributed by atoms with van der Waals surface area (Å²) in [5, 5.41) is 3.46. The number of carbonyl (C=O) groups is 1. The highest BCUT2D eigenvalue weighted by atomic mass is 32.2. The molecular weight excluding hydrogens is 208 g/mol. The van der Waals surface area contributed by atoms with Crippen LogP contribution in [-0.2, 0) is 4.79 Å². The van der Waals surface area contributed by atoms with E-state index in [-0.39, 0.29) is 5.92 Å². The Balaban J connectivity index is 1.84. The molecule has 0 spiro atoms. The van der Waals surface area contributed by atoms with E-state index in [9.17, 15) is 4.79 Å². The molecule has 2 aliphatic heterocycles. The van der Waals surface area contributed by atoms with E-state index in [4.69, 9.17) is 0 Å². The zero-order chi connectivity index (χ0) is 10.7. The second kappa shape index (κ2) is 5.21. The summed E-state index contributed by atoms with van der Waals surface area (Å²) in [7, 11) is 0. The van der Waals surface area contributed by atoms with E-state index < -0.39 is 0 Å². The topological polar surface area (TPSA) is 32.3 Å². The summed E-state index contributed by atoms with van der Waals surface area (Å²) in [5.74, 6) is 1.84. The lowest BCUT2D eigenvalue weighted by Gasteiger charge is -2.23. The van der Waals surface area contributed by atoms with Crippen molar-refractivity contribution in [3.8, 4) is 0 Å². The molecule has 2 unspecified atom stereocenters. The van der Waals surface area contributed by atoms with E-state index in [2.05, 4.69) is 16.5 Å². The molecular formula is C11H20N2OS. The number of thioether (sulfide) groups is 1. The highest BCUT2D eigenvalue weighted by Gasteiger charge is 2.40. The third kappa shape index (κ3) is 2.48. The maximum Gasteiger partial charge on any atom is 0.227 e. The molecule has 2 heterocycles. The molecule has 2 saturated heterocycles. The van der Waals surface area contributed by atoms with Crippen molar-refractivity contribution in [2.24, 2.45) is 5.92 Å². The first-order chi connectivity index (χ1) is 7.33. The van der Waals surface area contributed by atoms with Crippen LogP contribution in [0.4, 0.5) is 0 Å². The molecule has 2 atom stereocenters. The summed E-state index contributed by atoms with van der Waals surface area (Å²) in [6, 6.07) is 0.445. The number of likely N-dealkylation sites (tertiary alicyclic amines) is 1. The van der Waals surface area contributed by atoms with Crippen molar-refractivity contribution in [3.05, 3.63) is 0 Å². The summed E-state index contributed by atoms with van der Waals surface area (Å²) in [5.41, 5.74) is 0. The van der Waals surface area contributed by atoms with Crippen molar-refractivity contribution >= 4 is 17.7 Å². The Kier molecular flexibility index (Phi) is 3.92. The zero-order valence-corrected chi connectivity index (χ0v) is 10.2. The van der Waals surface area contributed by atoms with Crippen LogP contribution in [-0.4, -0.2) is 48.5 Å². The monoisotopic (exact) mass is 228 g/mol. The highest BCUT2D eigenvalue weighted by molar-refractivity contribution is 7.98. The molecule has 2 aliphatic rings. The minimum atomic E-state index is 0.285. The van der Waals surface area contributed by atoms with Crippen LogP contribution >= 0.6 is 11.8 Å². The lowest BCUT2D eigenvalue weighted by Crippen LogP contribution is -2.41. The van der Waals surface area contributed by atoms with Crippen LogP contribution in [0.25, 0.3) is 0 Å². The van der Waals surface area contributed by atoms with Crippen LogP contribution in [0.3, 0.4) is 0 Å². The van der Waals surface area contributed by atoms with Crippen molar-refractivity contribution < 1.29 is 4.79 Å². The number of carbonyl (C=O) groups excluding carboxylic acids is 1. The molecule has 0 bridgehead atoms. The van der Waals surface area contributed by atoms with Gasteiger partial charge in [-0.2, -0.15) is 11.8 Å². The van der Waals surface area contributed by atoms with Gasteiger partial charge in [0, 0.05) is 19.1 Å². The summed E-state index contributed by atoms with van der Waals surface area (Å²) in [6.45, 7) is 2.99. The van der Waals surface area contributed by atoms with Gasteiger partial charge in [0.05, 0.1) is 5.92 Å². The molecule has 0 aromatic rings. The van der Waals surface area contributed by atoms with Gasteiger partial charge in [0.25, 0.3) is 0 Å². The molecule has 1 N–H and O–H groups in total. The SMILES string of the molecule is CSCCCN1CC2NCCCC2C1=O. The molecule has 3 nitrogen and oxygen atoms in total. The van der Waals surface area contributed by atoms with Crippen molar-refractivity contribution in [3.63, 3.8) is 0 Å². The quantitative estimate of drug-likeness (QED) is 0.727. The molecule has 0 aliphatic carbocycles. The Morgan fingerprint density at radius 2 is 2.47 bits per heavy atom. The maximum atomic E-state index is 12.0. The molecule has 86 valence electrons. The summed E-state index contributed by atoms with van der Waals surface area (Å²) in [4.78, 5) is 14.1. The first-order valence-electron chi connectivity index (χ1n) is 5.84. The summed E-state index contributed by atoms with van der Waals surface area (Å²) < 4.78 is 0. The summed E-state index contributed by atoms with van der Waals surface area (Å²) >= 11 is 1.86. The second-order valence-corrected chi connectivity index (χ2v) is 5.43. The van der Waals surface area contributed by atoms with Crippen LogP contribution in [0.2, 0.25) is 0 Å². The number of piperidine rings is 1. The lowest BCUT2D eigenvalue weighted by molar-refractivity contribution is -0.131. The largest absolute Gasteiger partial charge is 0.341 e. The third-order valence-electron chi connectivity index (χ3n) is 3.41. The molecule has 0 radical (unpaired) electrons. The second-order valence-electron chi connectivity index (χ2n) is 4.44. The van der Waals surface area contributed by atoms with Gasteiger partial charge in [-0.15, -0.1) is 0 Å². The Hall–Kier alpha value is -0.220. The zero-order valence-electron chi connectivity index (χ0n) is 9.37. The van der Waals surface area contributed by atoms with E-state index in [1.54, 1.807) is 0 Å². The highest BCUT2D eigenvalue weighted by Crippen LogP contribution is 2.26. The van der Waals surface area contributed by atoms with E-state index in [0.717, 1.165) is 44.6 Å². The standard InChI is InChI=1S/C11H20N2OS/c1-15-7-3-6-13-8-10-9(11(13)14)4-2-5-12-10/h9-10,12H,2-8H2,1H3. The van der Waals surface area contributed by atoms with Crippen LogP contribution in [0.5, 0.6) is 0 Å². The van der Waals surface area contributed by atoms with Gasteiger partial charge < -0.3 is 10.2 Å². The van der Waals surface area contributed by atoms with Crippen LogP contribution in [0.15, 0.2) is 0 Å². The fraction of sp³-hybridized carbons (Fsp3) is 0.909. The number of rotatable bonds is 4. The van der Waals surface area contributed by atoms with Gasteiger partial charge in [-0.1, -0.05) is 0 Å². The normalized spacial score (nSPS) is 30.7. The fourth-order valence-electron chi connectivity index (χ4n) is 2.60. The molecule has 0 aromatic heterocycles. The van der Waals surface area contributed by atoms with E-state index in [1.165, 1.54) is 0 Å². The molecule has 1 amide bonds. The van der Waals surface area contributed by atoms with Gasteiger partial charge in [-0.05, 0) is 37.8 Å². The third-order valence-corrected chi connectivity index (χ3v) is 4.10. The number of hydrogen-bond donors (Lipinski definition) is 1. The van der Waals surface area contributed by atoms with Crippen LogP contribution < -0.4 is 5.32 Å². The maximum absolute atomic E-state index is 12.0.